The van der Waals surface area contributed by atoms with Gasteiger partial charge in [0.1, 0.15) is 5.75 Å². The average Bonchev–Trinajstić information content (AvgIpc) is 2.55. The molecule has 1 N–H and O–H groups in total. The molecule has 4 nitrogen and oxygen atoms in total. The lowest BCUT2D eigenvalue weighted by Crippen LogP contribution is -2.39. The molecule has 0 bridgehead atoms. The molecular weight excluding hydrogens is 312 g/mol. The Morgan fingerprint density at radius 2 is 2.00 bits per heavy atom. The summed E-state index contributed by atoms with van der Waals surface area (Å²) in [4.78, 5) is 14.5. The van der Waals surface area contributed by atoms with E-state index >= 15 is 0 Å². The first-order valence-electron chi connectivity index (χ1n) is 8.47. The van der Waals surface area contributed by atoms with Crippen molar-refractivity contribution in [2.45, 2.75) is 39.2 Å². The van der Waals surface area contributed by atoms with E-state index in [2.05, 4.69) is 17.1 Å². The molecule has 2 rings (SSSR count). The quantitative estimate of drug-likeness (QED) is 0.775. The molecule has 0 radical (unpaired) electrons. The van der Waals surface area contributed by atoms with Gasteiger partial charge in [0.2, 0.25) is 0 Å². The van der Waals surface area contributed by atoms with E-state index in [1.807, 2.05) is 0 Å². The second-order valence-electron chi connectivity index (χ2n) is 6.38. The van der Waals surface area contributed by atoms with Crippen LogP contribution in [0.1, 0.15) is 33.1 Å². The number of nitrogens with zero attached hydrogens (tertiary/aromatic N) is 1. The zero-order valence-electron chi connectivity index (χ0n) is 14.1. The number of carbonyl (C=O) groups is 1. The zero-order chi connectivity index (χ0) is 16.7. The summed E-state index contributed by atoms with van der Waals surface area (Å²) in [6.07, 6.45) is 3.05. The minimum Gasteiger partial charge on any atom is -0.481 e. The molecule has 0 aliphatic carbocycles. The maximum Gasteiger partial charge on any atom is 0.260 e. The van der Waals surface area contributed by atoms with Gasteiger partial charge in [0.05, 0.1) is 0 Å². The van der Waals surface area contributed by atoms with Gasteiger partial charge in [-0.05, 0) is 76.0 Å². The summed E-state index contributed by atoms with van der Waals surface area (Å²) in [5.41, 5.74) is 0. The molecule has 128 valence electrons. The minimum atomic E-state index is -0.507. The van der Waals surface area contributed by atoms with Crippen molar-refractivity contribution in [2.24, 2.45) is 5.92 Å². The van der Waals surface area contributed by atoms with E-state index in [1.54, 1.807) is 31.2 Å². The van der Waals surface area contributed by atoms with Crippen molar-refractivity contribution in [2.75, 3.05) is 26.2 Å². The van der Waals surface area contributed by atoms with Crippen LogP contribution in [0.4, 0.5) is 0 Å². The maximum absolute atomic E-state index is 12.0. The van der Waals surface area contributed by atoms with Crippen LogP contribution in [0.15, 0.2) is 24.3 Å². The fraction of sp³-hybridized carbons (Fsp3) is 0.611. The van der Waals surface area contributed by atoms with Crippen LogP contribution >= 0.6 is 11.6 Å². The summed E-state index contributed by atoms with van der Waals surface area (Å²) in [5.74, 6) is 1.43. The summed E-state index contributed by atoms with van der Waals surface area (Å²) >= 11 is 5.83. The molecule has 0 saturated carbocycles. The molecule has 1 amide bonds. The highest BCUT2D eigenvalue weighted by Crippen LogP contribution is 2.17. The first kappa shape index (κ1) is 18.1. The number of amides is 1. The third-order valence-electron chi connectivity index (χ3n) is 4.32. The number of benzene rings is 1. The van der Waals surface area contributed by atoms with E-state index < -0.39 is 6.10 Å². The number of ether oxygens (including phenoxy) is 1. The van der Waals surface area contributed by atoms with E-state index in [-0.39, 0.29) is 5.91 Å². The molecule has 23 heavy (non-hydrogen) atoms. The minimum absolute atomic E-state index is 0.0767. The Bertz CT molecular complexity index is 484. The van der Waals surface area contributed by atoms with Crippen LogP contribution in [0.25, 0.3) is 0 Å². The number of carbonyl (C=O) groups excluding carboxylic acids is 1. The highest BCUT2D eigenvalue weighted by atomic mass is 35.5. The van der Waals surface area contributed by atoms with E-state index in [9.17, 15) is 4.79 Å². The Balaban J connectivity index is 1.61. The van der Waals surface area contributed by atoms with Gasteiger partial charge in [-0.15, -0.1) is 0 Å². The van der Waals surface area contributed by atoms with Gasteiger partial charge in [-0.25, -0.2) is 0 Å². The summed E-state index contributed by atoms with van der Waals surface area (Å²) in [6.45, 7) is 8.20. The number of nitrogens with one attached hydrogen (secondary N) is 1. The Labute approximate surface area is 144 Å². The first-order valence-corrected chi connectivity index (χ1v) is 8.84. The summed E-state index contributed by atoms with van der Waals surface area (Å²) in [7, 11) is 0. The van der Waals surface area contributed by atoms with Crippen LogP contribution < -0.4 is 10.1 Å². The van der Waals surface area contributed by atoms with Gasteiger partial charge in [0, 0.05) is 11.6 Å². The number of halogens is 1. The van der Waals surface area contributed by atoms with Gasteiger partial charge >= 0.3 is 0 Å². The molecule has 1 saturated heterocycles. The number of hydrogen-bond acceptors (Lipinski definition) is 3. The van der Waals surface area contributed by atoms with Crippen molar-refractivity contribution in [3.8, 4) is 5.75 Å². The highest BCUT2D eigenvalue weighted by Gasteiger charge is 2.16. The van der Waals surface area contributed by atoms with Gasteiger partial charge in [-0.2, -0.15) is 0 Å². The fourth-order valence-corrected chi connectivity index (χ4v) is 2.84. The Morgan fingerprint density at radius 1 is 1.35 bits per heavy atom. The summed E-state index contributed by atoms with van der Waals surface area (Å²) in [5, 5.41) is 3.60. The molecule has 0 aromatic heterocycles. The molecule has 1 aromatic rings. The molecule has 1 unspecified atom stereocenters. The molecule has 0 spiro atoms. The SMILES string of the molecule is CC1CCN(CCCNC(=O)C(C)Oc2ccc(Cl)cc2)CC1. The maximum atomic E-state index is 12.0. The number of rotatable bonds is 7. The van der Waals surface area contributed by atoms with Crippen molar-refractivity contribution < 1.29 is 9.53 Å². The lowest BCUT2D eigenvalue weighted by molar-refractivity contribution is -0.127. The molecular formula is C18H27ClN2O2. The van der Waals surface area contributed by atoms with Crippen LogP contribution in [0.5, 0.6) is 5.75 Å². The van der Waals surface area contributed by atoms with Crippen molar-refractivity contribution in [1.29, 1.82) is 0 Å². The topological polar surface area (TPSA) is 41.6 Å². The molecule has 1 heterocycles. The Kier molecular flexibility index (Phi) is 7.18. The van der Waals surface area contributed by atoms with Crippen LogP contribution in [-0.2, 0) is 4.79 Å². The first-order chi connectivity index (χ1) is 11.0. The molecule has 1 aromatic carbocycles. The predicted octanol–water partition coefficient (Wildman–Crippen LogP) is 3.35. The average molecular weight is 339 g/mol. The second-order valence-corrected chi connectivity index (χ2v) is 6.82. The summed E-state index contributed by atoms with van der Waals surface area (Å²) < 4.78 is 5.61. The van der Waals surface area contributed by atoms with Crippen molar-refractivity contribution >= 4 is 17.5 Å². The van der Waals surface area contributed by atoms with Crippen molar-refractivity contribution in [3.05, 3.63) is 29.3 Å². The van der Waals surface area contributed by atoms with Gasteiger partial charge in [-0.3, -0.25) is 4.79 Å². The van der Waals surface area contributed by atoms with Crippen LogP contribution in [-0.4, -0.2) is 43.1 Å². The second kappa shape index (κ2) is 9.14. The van der Waals surface area contributed by atoms with Crippen LogP contribution in [0.2, 0.25) is 5.02 Å². The molecule has 1 atom stereocenters. The number of piperidine rings is 1. The lowest BCUT2D eigenvalue weighted by Gasteiger charge is -2.30. The van der Waals surface area contributed by atoms with E-state index in [0.717, 1.165) is 18.9 Å². The van der Waals surface area contributed by atoms with Gasteiger partial charge < -0.3 is 15.0 Å². The van der Waals surface area contributed by atoms with Crippen LogP contribution in [0, 0.1) is 5.92 Å². The summed E-state index contributed by atoms with van der Waals surface area (Å²) in [6, 6.07) is 7.04. The van der Waals surface area contributed by atoms with Gasteiger partial charge in [0.25, 0.3) is 5.91 Å². The molecule has 1 fully saturated rings. The molecule has 1 aliphatic rings. The van der Waals surface area contributed by atoms with Gasteiger partial charge in [-0.1, -0.05) is 18.5 Å². The molecule has 5 heteroatoms. The molecule has 1 aliphatic heterocycles. The Morgan fingerprint density at radius 3 is 2.65 bits per heavy atom. The standard InChI is InChI=1S/C18H27ClN2O2/c1-14-8-12-21(13-9-14)11-3-10-20-18(22)15(2)23-17-6-4-16(19)5-7-17/h4-7,14-15H,3,8-13H2,1-2H3,(H,20,22). The predicted molar refractivity (Wildman–Crippen MR) is 94.0 cm³/mol. The largest absolute Gasteiger partial charge is 0.481 e. The van der Waals surface area contributed by atoms with E-state index in [1.165, 1.54) is 25.9 Å². The van der Waals surface area contributed by atoms with E-state index in [0.29, 0.717) is 17.3 Å². The smallest absolute Gasteiger partial charge is 0.260 e. The Hall–Kier alpha value is -1.26. The monoisotopic (exact) mass is 338 g/mol. The zero-order valence-corrected chi connectivity index (χ0v) is 14.8. The number of likely N-dealkylation sites (tertiary alicyclic amines) is 1. The van der Waals surface area contributed by atoms with E-state index in [4.69, 9.17) is 16.3 Å². The van der Waals surface area contributed by atoms with Crippen molar-refractivity contribution in [1.82, 2.24) is 10.2 Å². The fourth-order valence-electron chi connectivity index (χ4n) is 2.71. The number of hydrogen-bond donors (Lipinski definition) is 1. The highest BCUT2D eigenvalue weighted by molar-refractivity contribution is 6.30. The third kappa shape index (κ3) is 6.40. The van der Waals surface area contributed by atoms with Gasteiger partial charge in [0.15, 0.2) is 6.10 Å². The lowest BCUT2D eigenvalue weighted by atomic mass is 9.99. The van der Waals surface area contributed by atoms with Crippen LogP contribution in [0.3, 0.4) is 0 Å². The third-order valence-corrected chi connectivity index (χ3v) is 4.57. The normalized spacial score (nSPS) is 17.7. The van der Waals surface area contributed by atoms with Crippen molar-refractivity contribution in [3.63, 3.8) is 0 Å².